The fraction of sp³-hybridized carbons (Fsp3) is 0.467. The van der Waals surface area contributed by atoms with Crippen LogP contribution in [-0.4, -0.2) is 39.2 Å². The van der Waals surface area contributed by atoms with Crippen LogP contribution in [0, 0.1) is 17.2 Å². The van der Waals surface area contributed by atoms with E-state index in [9.17, 15) is 22.8 Å². The number of halogens is 3. The van der Waals surface area contributed by atoms with Gasteiger partial charge in [0.25, 0.3) is 0 Å². The van der Waals surface area contributed by atoms with Gasteiger partial charge in [-0.05, 0) is 54.9 Å². The van der Waals surface area contributed by atoms with E-state index in [4.69, 9.17) is 5.26 Å². The Morgan fingerprint density at radius 3 is 2.49 bits per heavy atom. The smallest absolute Gasteiger partial charge is 0.342 e. The van der Waals surface area contributed by atoms with Crippen LogP contribution >= 0.6 is 0 Å². The summed E-state index contributed by atoms with van der Waals surface area (Å²) in [5, 5.41) is 9.17. The summed E-state index contributed by atoms with van der Waals surface area (Å²) < 4.78 is 45.5. The van der Waals surface area contributed by atoms with Crippen molar-refractivity contribution in [2.75, 3.05) is 13.1 Å². The maximum absolute atomic E-state index is 14.6. The number of nitrogens with zero attached hydrogens (tertiary/aromatic N) is 4. The number of Topliss-reactive ketones (excluding diaryl/α,β-unsaturated/α-hetero) is 1. The van der Waals surface area contributed by atoms with Crippen molar-refractivity contribution in [3.8, 4) is 6.07 Å². The first-order chi connectivity index (χ1) is 18.7. The molecule has 1 saturated heterocycles. The monoisotopic (exact) mass is 536 g/mol. The molecule has 204 valence electrons. The quantitative estimate of drug-likeness (QED) is 0.365. The molecule has 2 fully saturated rings. The summed E-state index contributed by atoms with van der Waals surface area (Å²) in [6.45, 7) is 1.05. The number of aryl methyl sites for hydroxylation is 1. The highest BCUT2D eigenvalue weighted by atomic mass is 19.4. The molecule has 0 bridgehead atoms. The van der Waals surface area contributed by atoms with E-state index in [1.807, 2.05) is 11.0 Å². The van der Waals surface area contributed by atoms with Crippen molar-refractivity contribution in [3.63, 3.8) is 0 Å². The third-order valence-electron chi connectivity index (χ3n) is 8.24. The predicted octanol–water partition coefficient (Wildman–Crippen LogP) is 6.18. The van der Waals surface area contributed by atoms with Gasteiger partial charge in [-0.15, -0.1) is 0 Å². The number of hydrogen-bond donors (Lipinski definition) is 0. The van der Waals surface area contributed by atoms with Crippen LogP contribution in [0.15, 0.2) is 36.7 Å². The van der Waals surface area contributed by atoms with E-state index < -0.39 is 23.9 Å². The lowest BCUT2D eigenvalue weighted by Gasteiger charge is -2.35. The van der Waals surface area contributed by atoms with Crippen LogP contribution in [0.25, 0.3) is 11.0 Å². The third kappa shape index (κ3) is 5.42. The number of alkyl halides is 3. The topological polar surface area (TPSA) is 79.0 Å². The van der Waals surface area contributed by atoms with Crippen LogP contribution in [0.3, 0.4) is 0 Å². The Hall–Kier alpha value is -3.67. The molecule has 1 amide bonds. The van der Waals surface area contributed by atoms with E-state index in [-0.39, 0.29) is 45.5 Å². The molecule has 0 spiro atoms. The van der Waals surface area contributed by atoms with Gasteiger partial charge in [-0.1, -0.05) is 31.4 Å². The molecule has 39 heavy (non-hydrogen) atoms. The predicted molar refractivity (Wildman–Crippen MR) is 140 cm³/mol. The Bertz CT molecular complexity index is 1440. The number of amides is 1. The fourth-order valence-corrected chi connectivity index (χ4v) is 6.24. The van der Waals surface area contributed by atoms with E-state index in [1.165, 1.54) is 24.6 Å². The number of hydrogen-bond acceptors (Lipinski definition) is 4. The van der Waals surface area contributed by atoms with Crippen molar-refractivity contribution in [1.82, 2.24) is 14.5 Å². The van der Waals surface area contributed by atoms with Gasteiger partial charge in [-0.25, -0.2) is 4.98 Å². The van der Waals surface area contributed by atoms with Crippen molar-refractivity contribution >= 4 is 22.7 Å². The summed E-state index contributed by atoms with van der Waals surface area (Å²) in [6.07, 6.45) is 4.02. The number of piperidine rings is 1. The zero-order valence-electron chi connectivity index (χ0n) is 21.9. The van der Waals surface area contributed by atoms with Crippen molar-refractivity contribution in [2.24, 2.45) is 13.0 Å². The summed E-state index contributed by atoms with van der Waals surface area (Å²) in [5.41, 5.74) is 0.238. The number of likely N-dealkylation sites (tertiary alicyclic amines) is 1. The van der Waals surface area contributed by atoms with Crippen LogP contribution in [0.4, 0.5) is 13.2 Å². The van der Waals surface area contributed by atoms with Gasteiger partial charge in [0.15, 0.2) is 5.78 Å². The highest BCUT2D eigenvalue weighted by molar-refractivity contribution is 5.99. The molecule has 1 aliphatic heterocycles. The second-order valence-electron chi connectivity index (χ2n) is 10.8. The van der Waals surface area contributed by atoms with Crippen LogP contribution in [-0.2, 0) is 24.4 Å². The van der Waals surface area contributed by atoms with Crippen molar-refractivity contribution in [2.45, 2.75) is 63.5 Å². The first kappa shape index (κ1) is 26.9. The second kappa shape index (κ2) is 10.8. The lowest BCUT2D eigenvalue weighted by molar-refractivity contribution is -0.137. The van der Waals surface area contributed by atoms with Gasteiger partial charge in [0.2, 0.25) is 5.91 Å². The van der Waals surface area contributed by atoms with Crippen molar-refractivity contribution in [1.29, 1.82) is 5.26 Å². The first-order valence-corrected chi connectivity index (χ1v) is 13.5. The molecule has 1 aliphatic carbocycles. The Kier molecular flexibility index (Phi) is 7.48. The average Bonchev–Trinajstić information content (AvgIpc) is 3.28. The minimum Gasteiger partial charge on any atom is -0.342 e. The minimum absolute atomic E-state index is 0.0399. The molecule has 9 heteroatoms. The summed E-state index contributed by atoms with van der Waals surface area (Å²) in [6, 6.07) is 7.91. The summed E-state index contributed by atoms with van der Waals surface area (Å²) in [7, 11) is 1.68. The van der Waals surface area contributed by atoms with Crippen LogP contribution in [0.5, 0.6) is 0 Å². The SMILES string of the molecule is Cn1cc(C2CCN(C(=O)C3CCCCC3)CC2)c2c(C(F)(F)F)c(CC(=O)c3cccc(C#N)c3)cnc21. The second-order valence-corrected chi connectivity index (χ2v) is 10.8. The number of carbonyl (C=O) groups excluding carboxylic acids is 2. The molecule has 3 aromatic rings. The average molecular weight is 537 g/mol. The van der Waals surface area contributed by atoms with Gasteiger partial charge < -0.3 is 9.47 Å². The summed E-state index contributed by atoms with van der Waals surface area (Å²) >= 11 is 0. The molecule has 6 nitrogen and oxygen atoms in total. The molecule has 0 radical (unpaired) electrons. The minimum atomic E-state index is -4.70. The molecule has 0 N–H and O–H groups in total. The zero-order valence-corrected chi connectivity index (χ0v) is 21.9. The molecule has 1 saturated carbocycles. The molecular weight excluding hydrogens is 505 g/mol. The van der Waals surface area contributed by atoms with Crippen molar-refractivity contribution in [3.05, 3.63) is 64.5 Å². The van der Waals surface area contributed by atoms with Crippen molar-refractivity contribution < 1.29 is 22.8 Å². The number of fused-ring (bicyclic) bond motifs is 1. The molecule has 5 rings (SSSR count). The van der Waals surface area contributed by atoms with Crippen LogP contribution < -0.4 is 0 Å². The number of benzene rings is 1. The third-order valence-corrected chi connectivity index (χ3v) is 8.24. The Labute approximate surface area is 225 Å². The number of rotatable bonds is 5. The Morgan fingerprint density at radius 1 is 1.10 bits per heavy atom. The lowest BCUT2D eigenvalue weighted by atomic mass is 9.85. The molecule has 0 atom stereocenters. The van der Waals surface area contributed by atoms with Gasteiger partial charge in [0.1, 0.15) is 5.65 Å². The molecule has 2 aliphatic rings. The molecular formula is C30H31F3N4O2. The number of carbonyl (C=O) groups is 2. The maximum Gasteiger partial charge on any atom is 0.417 e. The highest BCUT2D eigenvalue weighted by Gasteiger charge is 2.39. The van der Waals surface area contributed by atoms with Crippen LogP contribution in [0.2, 0.25) is 0 Å². The Morgan fingerprint density at radius 2 is 1.82 bits per heavy atom. The van der Waals surface area contributed by atoms with Gasteiger partial charge >= 0.3 is 6.18 Å². The van der Waals surface area contributed by atoms with Gasteiger partial charge in [0.05, 0.1) is 17.2 Å². The summed E-state index contributed by atoms with van der Waals surface area (Å²) in [5.74, 6) is -0.399. The highest BCUT2D eigenvalue weighted by Crippen LogP contribution is 2.43. The van der Waals surface area contributed by atoms with E-state index >= 15 is 0 Å². The Balaban J connectivity index is 1.45. The number of ketones is 1. The van der Waals surface area contributed by atoms with Gasteiger partial charge in [0, 0.05) is 55.8 Å². The largest absolute Gasteiger partial charge is 0.417 e. The summed E-state index contributed by atoms with van der Waals surface area (Å²) in [4.78, 5) is 32.2. The van der Waals surface area contributed by atoms with E-state index in [2.05, 4.69) is 4.98 Å². The van der Waals surface area contributed by atoms with Crippen LogP contribution in [0.1, 0.15) is 83.5 Å². The molecule has 2 aromatic heterocycles. The van der Waals surface area contributed by atoms with E-state index in [0.717, 1.165) is 31.9 Å². The van der Waals surface area contributed by atoms with Gasteiger partial charge in [-0.2, -0.15) is 18.4 Å². The van der Waals surface area contributed by atoms with E-state index in [0.29, 0.717) is 31.5 Å². The maximum atomic E-state index is 14.6. The van der Waals surface area contributed by atoms with E-state index in [1.54, 1.807) is 23.9 Å². The molecule has 3 heterocycles. The zero-order chi connectivity index (χ0) is 27.7. The standard InChI is InChI=1S/C30H31F3N4O2/c1-36-18-24(20-10-12-37(13-11-20)29(39)21-7-3-2-4-8-21)26-27(30(31,32)33)23(17-35-28(26)36)15-25(38)22-9-5-6-19(14-22)16-34/h5-6,9,14,17-18,20-21H,2-4,7-8,10-13,15H2,1H3. The number of nitriles is 1. The fourth-order valence-electron chi connectivity index (χ4n) is 6.24. The normalized spacial score (nSPS) is 17.4. The molecule has 0 unspecified atom stereocenters. The lowest BCUT2D eigenvalue weighted by Crippen LogP contribution is -2.41. The molecule has 1 aromatic carbocycles. The van der Waals surface area contributed by atoms with Gasteiger partial charge in [-0.3, -0.25) is 9.59 Å². The number of pyridine rings is 1. The number of aromatic nitrogens is 2. The first-order valence-electron chi connectivity index (χ1n) is 13.5.